The Kier molecular flexibility index (Phi) is 5.48. The molecule has 1 atom stereocenters. The fraction of sp³-hybridized carbons (Fsp3) is 0.318. The molecule has 3 N–H and O–H groups in total. The zero-order valence-electron chi connectivity index (χ0n) is 17.1. The smallest absolute Gasteiger partial charge is 0.335 e. The molecule has 1 aliphatic carbocycles. The Hall–Kier alpha value is -2.75. The average molecular weight is 469 g/mol. The second kappa shape index (κ2) is 8.31. The van der Waals surface area contributed by atoms with Gasteiger partial charge in [-0.2, -0.15) is 0 Å². The SMILES string of the molecule is N[C@@H]1c2cncnc2CC12CCN(c1cnc(Sc3ccc(C(=O)O)cc3Cl)cn1)CC2. The maximum Gasteiger partial charge on any atom is 0.335 e. The highest BCUT2D eigenvalue weighted by Crippen LogP contribution is 2.50. The predicted molar refractivity (Wildman–Crippen MR) is 121 cm³/mol. The van der Waals surface area contributed by atoms with Gasteiger partial charge in [0.2, 0.25) is 0 Å². The molecule has 32 heavy (non-hydrogen) atoms. The molecule has 0 amide bonds. The predicted octanol–water partition coefficient (Wildman–Crippen LogP) is 3.61. The third-order valence-electron chi connectivity index (χ3n) is 6.43. The first-order valence-electron chi connectivity index (χ1n) is 10.3. The molecule has 0 saturated carbocycles. The largest absolute Gasteiger partial charge is 0.478 e. The summed E-state index contributed by atoms with van der Waals surface area (Å²) in [6.45, 7) is 1.72. The number of aromatic carboxylic acids is 1. The Morgan fingerprint density at radius 1 is 1.19 bits per heavy atom. The molecule has 2 aliphatic rings. The number of carboxylic acid groups (broad SMARTS) is 1. The van der Waals surface area contributed by atoms with Gasteiger partial charge in [0.05, 0.1) is 23.0 Å². The van der Waals surface area contributed by atoms with Crippen molar-refractivity contribution in [1.82, 2.24) is 19.9 Å². The Balaban J connectivity index is 1.24. The quantitative estimate of drug-likeness (QED) is 0.591. The van der Waals surface area contributed by atoms with Crippen LogP contribution in [0.2, 0.25) is 5.02 Å². The number of piperidine rings is 1. The number of nitrogens with two attached hydrogens (primary N) is 1. The van der Waals surface area contributed by atoms with Crippen LogP contribution in [-0.2, 0) is 6.42 Å². The molecule has 0 bridgehead atoms. The third-order valence-corrected chi connectivity index (χ3v) is 7.85. The zero-order valence-corrected chi connectivity index (χ0v) is 18.7. The zero-order chi connectivity index (χ0) is 22.3. The Bertz CT molecular complexity index is 1170. The molecule has 0 radical (unpaired) electrons. The standard InChI is InChI=1S/C22H21ClN6O2S/c23-15-7-13(21(30)31)1-2-17(15)32-19-11-26-18(10-27-19)29-5-3-22(4-6-29)8-16-14(20(22)24)9-25-12-28-16/h1-2,7,9-12,20H,3-6,8,24H2,(H,30,31)/t20-/m1/s1. The van der Waals surface area contributed by atoms with E-state index in [1.165, 1.54) is 23.9 Å². The van der Waals surface area contributed by atoms with Crippen LogP contribution < -0.4 is 10.6 Å². The molecule has 3 heterocycles. The van der Waals surface area contributed by atoms with Crippen LogP contribution in [0.1, 0.15) is 40.5 Å². The van der Waals surface area contributed by atoms with Gasteiger partial charge in [0.25, 0.3) is 0 Å². The molecule has 5 rings (SSSR count). The van der Waals surface area contributed by atoms with Crippen LogP contribution in [0.15, 0.2) is 53.0 Å². The van der Waals surface area contributed by atoms with E-state index in [1.807, 2.05) is 6.20 Å². The van der Waals surface area contributed by atoms with E-state index in [-0.39, 0.29) is 17.0 Å². The van der Waals surface area contributed by atoms with Crippen molar-refractivity contribution >= 4 is 35.1 Å². The van der Waals surface area contributed by atoms with E-state index < -0.39 is 5.97 Å². The van der Waals surface area contributed by atoms with Gasteiger partial charge in [0.1, 0.15) is 17.2 Å². The van der Waals surface area contributed by atoms with Crippen LogP contribution in [0, 0.1) is 5.41 Å². The molecule has 164 valence electrons. The number of aromatic nitrogens is 4. The summed E-state index contributed by atoms with van der Waals surface area (Å²) in [7, 11) is 0. The van der Waals surface area contributed by atoms with Gasteiger partial charge >= 0.3 is 5.97 Å². The first-order chi connectivity index (χ1) is 15.4. The molecular formula is C22H21ClN6O2S. The number of hydrogen-bond donors (Lipinski definition) is 2. The lowest BCUT2D eigenvalue weighted by molar-refractivity contribution is 0.0697. The van der Waals surface area contributed by atoms with Crippen molar-refractivity contribution in [1.29, 1.82) is 0 Å². The van der Waals surface area contributed by atoms with E-state index in [0.29, 0.717) is 10.0 Å². The fourth-order valence-corrected chi connectivity index (χ4v) is 5.60. The molecular weight excluding hydrogens is 448 g/mol. The third kappa shape index (κ3) is 3.80. The van der Waals surface area contributed by atoms with Crippen LogP contribution in [0.25, 0.3) is 0 Å². The van der Waals surface area contributed by atoms with Crippen molar-refractivity contribution in [3.63, 3.8) is 0 Å². The molecule has 2 aromatic heterocycles. The summed E-state index contributed by atoms with van der Waals surface area (Å²) in [4.78, 5) is 31.7. The van der Waals surface area contributed by atoms with Gasteiger partial charge in [-0.3, -0.25) is 0 Å². The fourth-order valence-electron chi connectivity index (χ4n) is 4.57. The Morgan fingerprint density at radius 3 is 2.66 bits per heavy atom. The van der Waals surface area contributed by atoms with Crippen LogP contribution in [0.5, 0.6) is 0 Å². The number of fused-ring (bicyclic) bond motifs is 1. The molecule has 0 unspecified atom stereocenters. The number of carbonyl (C=O) groups is 1. The van der Waals surface area contributed by atoms with Crippen LogP contribution in [0.3, 0.4) is 0 Å². The summed E-state index contributed by atoms with van der Waals surface area (Å²) in [5.41, 5.74) is 8.95. The highest BCUT2D eigenvalue weighted by Gasteiger charge is 2.46. The maximum atomic E-state index is 11.1. The van der Waals surface area contributed by atoms with Crippen LogP contribution >= 0.6 is 23.4 Å². The molecule has 1 spiro atoms. The molecule has 10 heteroatoms. The number of benzene rings is 1. The number of anilines is 1. The highest BCUT2D eigenvalue weighted by molar-refractivity contribution is 7.99. The van der Waals surface area contributed by atoms with Gasteiger partial charge in [-0.25, -0.2) is 24.7 Å². The number of halogens is 1. The van der Waals surface area contributed by atoms with Crippen LogP contribution in [0.4, 0.5) is 5.82 Å². The van der Waals surface area contributed by atoms with Gasteiger partial charge in [-0.1, -0.05) is 23.4 Å². The van der Waals surface area contributed by atoms with E-state index in [0.717, 1.165) is 54.3 Å². The lowest BCUT2D eigenvalue weighted by Gasteiger charge is -2.42. The van der Waals surface area contributed by atoms with Gasteiger partial charge in [0, 0.05) is 41.5 Å². The Labute approximate surface area is 194 Å². The van der Waals surface area contributed by atoms with E-state index in [4.69, 9.17) is 22.4 Å². The van der Waals surface area contributed by atoms with Crippen LogP contribution in [-0.4, -0.2) is 44.1 Å². The van der Waals surface area contributed by atoms with Gasteiger partial charge < -0.3 is 15.7 Å². The van der Waals surface area contributed by atoms with Gasteiger partial charge in [-0.15, -0.1) is 0 Å². The first kappa shape index (κ1) is 21.1. The molecule has 1 aromatic carbocycles. The monoisotopic (exact) mass is 468 g/mol. The summed E-state index contributed by atoms with van der Waals surface area (Å²) in [5.74, 6) is -0.174. The van der Waals surface area contributed by atoms with Gasteiger partial charge in [-0.05, 0) is 42.9 Å². The minimum absolute atomic E-state index is 0.0250. The lowest BCUT2D eigenvalue weighted by atomic mass is 9.73. The molecule has 1 saturated heterocycles. The van der Waals surface area contributed by atoms with Crippen molar-refractivity contribution in [3.8, 4) is 0 Å². The second-order valence-electron chi connectivity index (χ2n) is 8.19. The van der Waals surface area contributed by atoms with E-state index in [1.54, 1.807) is 24.8 Å². The molecule has 8 nitrogen and oxygen atoms in total. The van der Waals surface area contributed by atoms with E-state index >= 15 is 0 Å². The van der Waals surface area contributed by atoms with E-state index in [9.17, 15) is 4.79 Å². The van der Waals surface area contributed by atoms with Gasteiger partial charge in [0.15, 0.2) is 0 Å². The number of rotatable bonds is 4. The van der Waals surface area contributed by atoms with Crippen molar-refractivity contribution in [2.24, 2.45) is 11.1 Å². The minimum Gasteiger partial charge on any atom is -0.478 e. The van der Waals surface area contributed by atoms with E-state index in [2.05, 4.69) is 24.8 Å². The number of nitrogens with zero attached hydrogens (tertiary/aromatic N) is 5. The second-order valence-corrected chi connectivity index (χ2v) is 9.66. The topological polar surface area (TPSA) is 118 Å². The van der Waals surface area contributed by atoms with Crippen molar-refractivity contribution in [2.45, 2.75) is 35.2 Å². The van der Waals surface area contributed by atoms with Crippen molar-refractivity contribution < 1.29 is 9.90 Å². The summed E-state index contributed by atoms with van der Waals surface area (Å²) < 4.78 is 0. The van der Waals surface area contributed by atoms with Crippen molar-refractivity contribution in [3.05, 3.63) is 65.0 Å². The first-order valence-corrected chi connectivity index (χ1v) is 11.5. The highest BCUT2D eigenvalue weighted by atomic mass is 35.5. The molecule has 1 fully saturated rings. The van der Waals surface area contributed by atoms with Crippen molar-refractivity contribution in [2.75, 3.05) is 18.0 Å². The summed E-state index contributed by atoms with van der Waals surface area (Å²) in [5, 5.41) is 10.1. The molecule has 3 aromatic rings. The number of carboxylic acids is 1. The lowest BCUT2D eigenvalue weighted by Crippen LogP contribution is -2.44. The Morgan fingerprint density at radius 2 is 2.00 bits per heavy atom. The maximum absolute atomic E-state index is 11.1. The normalized spacial score (nSPS) is 19.2. The minimum atomic E-state index is -1.01. The summed E-state index contributed by atoms with van der Waals surface area (Å²) >= 11 is 7.57. The molecule has 1 aliphatic heterocycles. The summed E-state index contributed by atoms with van der Waals surface area (Å²) in [6, 6.07) is 4.63. The average Bonchev–Trinajstić information content (AvgIpc) is 3.07. The number of hydrogen-bond acceptors (Lipinski definition) is 8. The summed E-state index contributed by atoms with van der Waals surface area (Å²) in [6.07, 6.45) is 9.79.